The van der Waals surface area contributed by atoms with Crippen molar-refractivity contribution in [1.29, 1.82) is 0 Å². The molecule has 0 bridgehead atoms. The molecule has 1 aromatic carbocycles. The summed E-state index contributed by atoms with van der Waals surface area (Å²) in [6.45, 7) is 5.10. The maximum atomic E-state index is 12.1. The van der Waals surface area contributed by atoms with E-state index in [2.05, 4.69) is 20.6 Å². The molecule has 2 aromatic heterocycles. The third-order valence-corrected chi connectivity index (χ3v) is 3.78. The van der Waals surface area contributed by atoms with Gasteiger partial charge in [-0.1, -0.05) is 0 Å². The van der Waals surface area contributed by atoms with E-state index in [1.54, 1.807) is 42.2 Å². The lowest BCUT2D eigenvalue weighted by Crippen LogP contribution is -2.11. The first kappa shape index (κ1) is 16.7. The number of hydrogen-bond acceptors (Lipinski definition) is 5. The second-order valence-electron chi connectivity index (χ2n) is 5.58. The van der Waals surface area contributed by atoms with Crippen LogP contribution in [0, 0.1) is 6.92 Å². The summed E-state index contributed by atoms with van der Waals surface area (Å²) in [4.78, 5) is 12.1. The highest BCUT2D eigenvalue weighted by Crippen LogP contribution is 2.17. The Hall–Kier alpha value is -3.16. The van der Waals surface area contributed by atoms with Crippen molar-refractivity contribution in [3.63, 3.8) is 0 Å². The minimum Gasteiger partial charge on any atom is -0.486 e. The minimum atomic E-state index is -0.201. The monoisotopic (exact) mass is 340 g/mol. The summed E-state index contributed by atoms with van der Waals surface area (Å²) in [6.07, 6.45) is 3.19. The summed E-state index contributed by atoms with van der Waals surface area (Å²) in [7, 11) is 1.77. The van der Waals surface area contributed by atoms with Crippen LogP contribution in [0.25, 0.3) is 0 Å². The Bertz CT molecular complexity index is 866. The van der Waals surface area contributed by atoms with Crippen molar-refractivity contribution < 1.29 is 9.53 Å². The topological polar surface area (TPSA) is 86.9 Å². The fourth-order valence-corrected chi connectivity index (χ4v) is 2.47. The van der Waals surface area contributed by atoms with Crippen LogP contribution in [0.4, 0.5) is 5.69 Å². The van der Waals surface area contributed by atoms with E-state index in [1.807, 2.05) is 18.4 Å². The lowest BCUT2D eigenvalue weighted by Gasteiger charge is -2.09. The van der Waals surface area contributed by atoms with Crippen molar-refractivity contribution in [3.05, 3.63) is 53.9 Å². The maximum absolute atomic E-state index is 12.1. The van der Waals surface area contributed by atoms with Gasteiger partial charge in [0.2, 0.25) is 0 Å². The summed E-state index contributed by atoms with van der Waals surface area (Å²) < 4.78 is 9.33. The van der Waals surface area contributed by atoms with Gasteiger partial charge in [-0.05, 0) is 38.1 Å². The summed E-state index contributed by atoms with van der Waals surface area (Å²) >= 11 is 0. The molecular formula is C17H20N6O2. The number of aromatic nitrogens is 5. The average molecular weight is 340 g/mol. The normalized spacial score (nSPS) is 10.7. The number of benzene rings is 1. The number of carbonyl (C=O) groups excluding carboxylic acids is 1. The van der Waals surface area contributed by atoms with Crippen LogP contribution >= 0.6 is 0 Å². The molecule has 1 amide bonds. The van der Waals surface area contributed by atoms with Crippen molar-refractivity contribution in [2.45, 2.75) is 27.0 Å². The quantitative estimate of drug-likeness (QED) is 0.743. The predicted octanol–water partition coefficient (Wildman–Crippen LogP) is 2.17. The van der Waals surface area contributed by atoms with Gasteiger partial charge in [0, 0.05) is 25.5 Å². The van der Waals surface area contributed by atoms with Crippen LogP contribution in [0.3, 0.4) is 0 Å². The van der Waals surface area contributed by atoms with Gasteiger partial charge >= 0.3 is 0 Å². The first-order valence-corrected chi connectivity index (χ1v) is 7.98. The molecule has 0 saturated heterocycles. The van der Waals surface area contributed by atoms with Crippen molar-refractivity contribution in [1.82, 2.24) is 24.5 Å². The molecule has 0 aliphatic carbocycles. The van der Waals surface area contributed by atoms with Gasteiger partial charge in [0.25, 0.3) is 5.91 Å². The van der Waals surface area contributed by atoms with E-state index in [0.717, 1.165) is 18.2 Å². The van der Waals surface area contributed by atoms with Crippen LogP contribution in [0.5, 0.6) is 5.75 Å². The Balaban J connectivity index is 1.59. The number of hydrogen-bond donors (Lipinski definition) is 1. The Morgan fingerprint density at radius 3 is 2.64 bits per heavy atom. The van der Waals surface area contributed by atoms with Crippen LogP contribution in [0.15, 0.2) is 36.7 Å². The highest BCUT2D eigenvalue weighted by atomic mass is 16.5. The zero-order chi connectivity index (χ0) is 17.8. The van der Waals surface area contributed by atoms with Crippen molar-refractivity contribution in [3.8, 4) is 5.75 Å². The number of nitrogens with zero attached hydrogens (tertiary/aromatic N) is 5. The molecule has 0 aliphatic heterocycles. The molecule has 0 fully saturated rings. The summed E-state index contributed by atoms with van der Waals surface area (Å²) in [5, 5.41) is 15.0. The molecule has 3 rings (SSSR count). The summed E-state index contributed by atoms with van der Waals surface area (Å²) in [5.74, 6) is 2.15. The SMILES string of the molecule is CCn1c(C)nnc1COc1ccc(NC(=O)c2cnn(C)c2)cc1. The zero-order valence-electron chi connectivity index (χ0n) is 14.4. The molecule has 2 heterocycles. The number of nitrogens with one attached hydrogen (secondary N) is 1. The number of aryl methyl sites for hydroxylation is 2. The van der Waals surface area contributed by atoms with Gasteiger partial charge in [-0.3, -0.25) is 9.48 Å². The van der Waals surface area contributed by atoms with Crippen molar-refractivity contribution in [2.75, 3.05) is 5.32 Å². The van der Waals surface area contributed by atoms with Crippen molar-refractivity contribution >= 4 is 11.6 Å². The Morgan fingerprint density at radius 1 is 1.24 bits per heavy atom. The Kier molecular flexibility index (Phi) is 4.78. The van der Waals surface area contributed by atoms with Gasteiger partial charge in [-0.15, -0.1) is 10.2 Å². The molecule has 0 spiro atoms. The molecule has 8 heteroatoms. The maximum Gasteiger partial charge on any atom is 0.258 e. The lowest BCUT2D eigenvalue weighted by molar-refractivity contribution is 0.102. The van der Waals surface area contributed by atoms with Gasteiger partial charge in [0.1, 0.15) is 18.2 Å². The molecule has 3 aromatic rings. The Labute approximate surface area is 145 Å². The highest BCUT2D eigenvalue weighted by molar-refractivity contribution is 6.03. The number of amides is 1. The molecule has 0 aliphatic rings. The third-order valence-electron chi connectivity index (χ3n) is 3.78. The molecular weight excluding hydrogens is 320 g/mol. The molecule has 1 N–H and O–H groups in total. The number of rotatable bonds is 6. The third kappa shape index (κ3) is 3.85. The van der Waals surface area contributed by atoms with E-state index < -0.39 is 0 Å². The first-order valence-electron chi connectivity index (χ1n) is 7.98. The first-order chi connectivity index (χ1) is 12.1. The van der Waals surface area contributed by atoms with Crippen LogP contribution in [0.1, 0.15) is 28.9 Å². The van der Waals surface area contributed by atoms with Gasteiger partial charge in [-0.25, -0.2) is 0 Å². The van der Waals surface area contributed by atoms with Crippen molar-refractivity contribution in [2.24, 2.45) is 7.05 Å². The van der Waals surface area contributed by atoms with Crippen LogP contribution in [0.2, 0.25) is 0 Å². The fourth-order valence-electron chi connectivity index (χ4n) is 2.47. The largest absolute Gasteiger partial charge is 0.486 e. The minimum absolute atomic E-state index is 0.201. The highest BCUT2D eigenvalue weighted by Gasteiger charge is 2.09. The van der Waals surface area contributed by atoms with Gasteiger partial charge in [0.15, 0.2) is 5.82 Å². The van der Waals surface area contributed by atoms with E-state index in [1.165, 1.54) is 6.20 Å². The van der Waals surface area contributed by atoms with E-state index in [4.69, 9.17) is 4.74 Å². The van der Waals surface area contributed by atoms with Crippen LogP contribution < -0.4 is 10.1 Å². The number of carbonyl (C=O) groups is 1. The second kappa shape index (κ2) is 7.16. The molecule has 25 heavy (non-hydrogen) atoms. The van der Waals surface area contributed by atoms with Gasteiger partial charge in [0.05, 0.1) is 11.8 Å². The molecule has 8 nitrogen and oxygen atoms in total. The van der Waals surface area contributed by atoms with Crippen LogP contribution in [-0.4, -0.2) is 30.5 Å². The summed E-state index contributed by atoms with van der Waals surface area (Å²) in [6, 6.07) is 7.19. The second-order valence-corrected chi connectivity index (χ2v) is 5.58. The smallest absolute Gasteiger partial charge is 0.258 e. The number of anilines is 1. The summed E-state index contributed by atoms with van der Waals surface area (Å²) in [5.41, 5.74) is 1.20. The zero-order valence-corrected chi connectivity index (χ0v) is 14.4. The average Bonchev–Trinajstić information content (AvgIpc) is 3.20. The Morgan fingerprint density at radius 2 is 2.00 bits per heavy atom. The van der Waals surface area contributed by atoms with E-state index in [9.17, 15) is 4.79 Å². The number of ether oxygens (including phenoxy) is 1. The standard InChI is InChI=1S/C17H20N6O2/c1-4-23-12(2)20-21-16(23)11-25-15-7-5-14(6-8-15)19-17(24)13-9-18-22(3)10-13/h5-10H,4,11H2,1-3H3,(H,19,24). The molecule has 130 valence electrons. The predicted molar refractivity (Wildman–Crippen MR) is 92.4 cm³/mol. The van der Waals surface area contributed by atoms with Gasteiger partial charge < -0.3 is 14.6 Å². The van der Waals surface area contributed by atoms with E-state index >= 15 is 0 Å². The lowest BCUT2D eigenvalue weighted by atomic mass is 10.2. The van der Waals surface area contributed by atoms with E-state index in [0.29, 0.717) is 23.6 Å². The van der Waals surface area contributed by atoms with E-state index in [-0.39, 0.29) is 5.91 Å². The molecule has 0 radical (unpaired) electrons. The fraction of sp³-hybridized carbons (Fsp3) is 0.294. The molecule has 0 unspecified atom stereocenters. The molecule has 0 saturated carbocycles. The molecule has 0 atom stereocenters. The van der Waals surface area contributed by atoms with Crippen LogP contribution in [-0.2, 0) is 20.2 Å². The van der Waals surface area contributed by atoms with Gasteiger partial charge in [-0.2, -0.15) is 5.10 Å².